The van der Waals surface area contributed by atoms with Crippen LogP contribution >= 0.6 is 0 Å². The van der Waals surface area contributed by atoms with E-state index in [1.54, 1.807) is 18.2 Å². The van der Waals surface area contributed by atoms with E-state index in [4.69, 9.17) is 0 Å². The Morgan fingerprint density at radius 2 is 1.73 bits per heavy atom. The number of rotatable bonds is 3. The third-order valence-electron chi connectivity index (χ3n) is 2.91. The Balaban J connectivity index is 2.28. The minimum atomic E-state index is -0.465. The van der Waals surface area contributed by atoms with Gasteiger partial charge in [-0.25, -0.2) is 0 Å². The minimum absolute atomic E-state index is 0.0113. The van der Waals surface area contributed by atoms with Crippen LogP contribution in [0.5, 0.6) is 0 Å². The van der Waals surface area contributed by atoms with Crippen LogP contribution in [0.3, 0.4) is 0 Å². The molecule has 0 aliphatic carbocycles. The Labute approximate surface area is 128 Å². The van der Waals surface area contributed by atoms with Crippen molar-refractivity contribution in [3.63, 3.8) is 0 Å². The Hall–Kier alpha value is -3.19. The number of nitro benzene ring substituents is 1. The third kappa shape index (κ3) is 4.15. The standard InChI is InChI=1S/C18H13NO3/c1-14(20)17(13-16-5-3-2-4-6-16)10-7-15-8-11-18(12-9-15)19(21)22/h2-6,8-9,11-13H,1H3. The first-order valence-electron chi connectivity index (χ1n) is 6.60. The number of nitro groups is 1. The topological polar surface area (TPSA) is 60.2 Å². The molecule has 0 atom stereocenters. The van der Waals surface area contributed by atoms with E-state index in [-0.39, 0.29) is 11.5 Å². The lowest BCUT2D eigenvalue weighted by Crippen LogP contribution is -1.93. The van der Waals surface area contributed by atoms with Crippen molar-refractivity contribution >= 4 is 17.5 Å². The van der Waals surface area contributed by atoms with E-state index in [1.165, 1.54) is 19.1 Å². The SMILES string of the molecule is CC(=O)C(C#Cc1ccc([N+](=O)[O-])cc1)=Cc1ccccc1. The second-order valence-corrected chi connectivity index (χ2v) is 4.58. The summed E-state index contributed by atoms with van der Waals surface area (Å²) in [5, 5.41) is 10.6. The highest BCUT2D eigenvalue weighted by molar-refractivity contribution is 6.02. The van der Waals surface area contributed by atoms with Gasteiger partial charge in [0, 0.05) is 17.7 Å². The molecule has 0 aromatic heterocycles. The molecule has 108 valence electrons. The van der Waals surface area contributed by atoms with Crippen molar-refractivity contribution in [2.45, 2.75) is 6.92 Å². The molecule has 0 bridgehead atoms. The van der Waals surface area contributed by atoms with Crippen molar-refractivity contribution in [1.82, 2.24) is 0 Å². The highest BCUT2D eigenvalue weighted by atomic mass is 16.6. The molecule has 2 rings (SSSR count). The molecule has 0 radical (unpaired) electrons. The van der Waals surface area contributed by atoms with Crippen LogP contribution in [-0.2, 0) is 4.79 Å². The van der Waals surface area contributed by atoms with Gasteiger partial charge in [0.05, 0.1) is 10.5 Å². The van der Waals surface area contributed by atoms with Gasteiger partial charge in [-0.3, -0.25) is 14.9 Å². The molecule has 22 heavy (non-hydrogen) atoms. The maximum Gasteiger partial charge on any atom is 0.269 e. The molecule has 0 spiro atoms. The summed E-state index contributed by atoms with van der Waals surface area (Å²) in [4.78, 5) is 21.8. The van der Waals surface area contributed by atoms with Crippen LogP contribution in [0.4, 0.5) is 5.69 Å². The maximum atomic E-state index is 11.7. The largest absolute Gasteiger partial charge is 0.294 e. The Bertz CT molecular complexity index is 779. The van der Waals surface area contributed by atoms with Crippen molar-refractivity contribution in [3.8, 4) is 11.8 Å². The fraction of sp³-hybridized carbons (Fsp3) is 0.0556. The molecule has 0 unspecified atom stereocenters. The Morgan fingerprint density at radius 1 is 1.09 bits per heavy atom. The number of nitrogens with zero attached hydrogens (tertiary/aromatic N) is 1. The molecule has 4 nitrogen and oxygen atoms in total. The molecule has 4 heteroatoms. The lowest BCUT2D eigenvalue weighted by Gasteiger charge is -1.96. The average molecular weight is 291 g/mol. The summed E-state index contributed by atoms with van der Waals surface area (Å²) in [5.74, 6) is 5.55. The van der Waals surface area contributed by atoms with Crippen LogP contribution in [0.1, 0.15) is 18.1 Å². The van der Waals surface area contributed by atoms with Gasteiger partial charge in [0.15, 0.2) is 5.78 Å². The average Bonchev–Trinajstić information content (AvgIpc) is 2.52. The molecule has 0 amide bonds. The normalized spacial score (nSPS) is 10.5. The number of non-ortho nitro benzene ring substituents is 1. The van der Waals surface area contributed by atoms with Crippen molar-refractivity contribution in [2.24, 2.45) is 0 Å². The maximum absolute atomic E-state index is 11.7. The second kappa shape index (κ2) is 7.00. The predicted octanol–water partition coefficient (Wildman–Crippen LogP) is 3.62. The van der Waals surface area contributed by atoms with Crippen LogP contribution in [0.25, 0.3) is 6.08 Å². The quantitative estimate of drug-likeness (QED) is 0.375. The summed E-state index contributed by atoms with van der Waals surface area (Å²) in [6, 6.07) is 15.3. The van der Waals surface area contributed by atoms with E-state index in [9.17, 15) is 14.9 Å². The molecule has 0 heterocycles. The number of ketones is 1. The molecule has 0 N–H and O–H groups in total. The predicted molar refractivity (Wildman–Crippen MR) is 85.1 cm³/mol. The minimum Gasteiger partial charge on any atom is -0.294 e. The molecule has 0 saturated heterocycles. The number of hydrogen-bond acceptors (Lipinski definition) is 3. The van der Waals surface area contributed by atoms with Crippen LogP contribution < -0.4 is 0 Å². The molecule has 2 aromatic rings. The first kappa shape index (κ1) is 15.2. The van der Waals surface area contributed by atoms with Gasteiger partial charge in [-0.15, -0.1) is 0 Å². The highest BCUT2D eigenvalue weighted by Gasteiger charge is 2.03. The van der Waals surface area contributed by atoms with Crippen LogP contribution in [0.15, 0.2) is 60.2 Å². The molecule has 0 saturated carbocycles. The van der Waals surface area contributed by atoms with Gasteiger partial charge in [0.2, 0.25) is 0 Å². The first-order valence-corrected chi connectivity index (χ1v) is 6.60. The summed E-state index contributed by atoms with van der Waals surface area (Å²) in [5.41, 5.74) is 1.92. The Kier molecular flexibility index (Phi) is 4.84. The number of carbonyl (C=O) groups excluding carboxylic acids is 1. The van der Waals surface area contributed by atoms with Gasteiger partial charge in [-0.05, 0) is 30.7 Å². The van der Waals surface area contributed by atoms with Gasteiger partial charge in [-0.2, -0.15) is 0 Å². The van der Waals surface area contributed by atoms with Crippen LogP contribution in [-0.4, -0.2) is 10.7 Å². The number of Topliss-reactive ketones (excluding diaryl/α,β-unsaturated/α-hetero) is 1. The zero-order chi connectivity index (χ0) is 15.9. The lowest BCUT2D eigenvalue weighted by atomic mass is 10.1. The molecular formula is C18H13NO3. The fourth-order valence-corrected chi connectivity index (χ4v) is 1.75. The lowest BCUT2D eigenvalue weighted by molar-refractivity contribution is -0.384. The van der Waals surface area contributed by atoms with Gasteiger partial charge in [0.1, 0.15) is 0 Å². The van der Waals surface area contributed by atoms with Crippen molar-refractivity contribution < 1.29 is 9.72 Å². The summed E-state index contributed by atoms with van der Waals surface area (Å²) in [6.07, 6.45) is 1.72. The van der Waals surface area contributed by atoms with E-state index in [0.29, 0.717) is 11.1 Å². The fourth-order valence-electron chi connectivity index (χ4n) is 1.75. The first-order chi connectivity index (χ1) is 10.6. The van der Waals surface area contributed by atoms with E-state index in [0.717, 1.165) is 5.56 Å². The van der Waals surface area contributed by atoms with Crippen LogP contribution in [0.2, 0.25) is 0 Å². The van der Waals surface area contributed by atoms with Gasteiger partial charge in [0.25, 0.3) is 5.69 Å². The van der Waals surface area contributed by atoms with E-state index < -0.39 is 4.92 Å². The smallest absolute Gasteiger partial charge is 0.269 e. The van der Waals surface area contributed by atoms with E-state index in [1.807, 2.05) is 30.3 Å². The summed E-state index contributed by atoms with van der Waals surface area (Å²) in [6.45, 7) is 1.46. The summed E-state index contributed by atoms with van der Waals surface area (Å²) < 4.78 is 0. The van der Waals surface area contributed by atoms with Gasteiger partial charge >= 0.3 is 0 Å². The van der Waals surface area contributed by atoms with Crippen molar-refractivity contribution in [2.75, 3.05) is 0 Å². The number of carbonyl (C=O) groups is 1. The highest BCUT2D eigenvalue weighted by Crippen LogP contribution is 2.12. The molecule has 0 aliphatic heterocycles. The zero-order valence-corrected chi connectivity index (χ0v) is 11.9. The van der Waals surface area contributed by atoms with E-state index >= 15 is 0 Å². The summed E-state index contributed by atoms with van der Waals surface area (Å²) >= 11 is 0. The monoisotopic (exact) mass is 291 g/mol. The Morgan fingerprint density at radius 3 is 2.27 bits per heavy atom. The van der Waals surface area contributed by atoms with E-state index in [2.05, 4.69) is 11.8 Å². The third-order valence-corrected chi connectivity index (χ3v) is 2.91. The van der Waals surface area contributed by atoms with Crippen LogP contribution in [0, 0.1) is 22.0 Å². The number of allylic oxidation sites excluding steroid dienone is 1. The summed E-state index contributed by atoms with van der Waals surface area (Å²) in [7, 11) is 0. The second-order valence-electron chi connectivity index (χ2n) is 4.58. The molecular weight excluding hydrogens is 278 g/mol. The van der Waals surface area contributed by atoms with Gasteiger partial charge in [-0.1, -0.05) is 42.2 Å². The molecule has 2 aromatic carbocycles. The number of hydrogen-bond donors (Lipinski definition) is 0. The molecule has 0 fully saturated rings. The molecule has 0 aliphatic rings. The zero-order valence-electron chi connectivity index (χ0n) is 11.9. The van der Waals surface area contributed by atoms with Crippen molar-refractivity contribution in [3.05, 3.63) is 81.4 Å². The number of benzene rings is 2. The van der Waals surface area contributed by atoms with Crippen molar-refractivity contribution in [1.29, 1.82) is 0 Å². The van der Waals surface area contributed by atoms with Gasteiger partial charge < -0.3 is 0 Å².